The highest BCUT2D eigenvalue weighted by atomic mass is 15.0. The van der Waals surface area contributed by atoms with Crippen LogP contribution >= 0.6 is 0 Å². The Hall–Kier alpha value is -0.0400. The van der Waals surface area contributed by atoms with Crippen molar-refractivity contribution in [2.24, 2.45) is 17.3 Å². The van der Waals surface area contributed by atoms with Crippen molar-refractivity contribution in [1.29, 1.82) is 0 Å². The zero-order valence-corrected chi connectivity index (χ0v) is 5.57. The second kappa shape index (κ2) is 1.10. The van der Waals surface area contributed by atoms with E-state index in [9.17, 15) is 0 Å². The molecule has 8 heavy (non-hydrogen) atoms. The Morgan fingerprint density at radius 3 is 2.00 bits per heavy atom. The van der Waals surface area contributed by atoms with Gasteiger partial charge in [-0.25, -0.2) is 0 Å². The fourth-order valence-corrected chi connectivity index (χ4v) is 2.06. The number of piperidine rings is 1. The molecule has 1 heteroatoms. The minimum absolute atomic E-state index is 0.700. The second-order valence-electron chi connectivity index (χ2n) is 3.69. The van der Waals surface area contributed by atoms with Crippen molar-refractivity contribution >= 4 is 0 Å². The van der Waals surface area contributed by atoms with E-state index in [1.165, 1.54) is 13.1 Å². The molecule has 1 heterocycles. The van der Waals surface area contributed by atoms with Crippen LogP contribution in [0.1, 0.15) is 13.8 Å². The van der Waals surface area contributed by atoms with E-state index in [4.69, 9.17) is 0 Å². The molecule has 2 rings (SSSR count). The third-order valence-corrected chi connectivity index (χ3v) is 3.02. The standard InChI is InChI=1S/C7H13N/c1-7(2)5-3-8-4-6(5)7/h5-6,8H,3-4H2,1-2H3/t5-,6?/m1/s1. The van der Waals surface area contributed by atoms with Gasteiger partial charge < -0.3 is 5.32 Å². The van der Waals surface area contributed by atoms with Crippen LogP contribution in [0.15, 0.2) is 0 Å². The second-order valence-corrected chi connectivity index (χ2v) is 3.69. The van der Waals surface area contributed by atoms with E-state index in [1.807, 2.05) is 0 Å². The molecule has 2 fully saturated rings. The fourth-order valence-electron chi connectivity index (χ4n) is 2.06. The van der Waals surface area contributed by atoms with Gasteiger partial charge in [0.2, 0.25) is 0 Å². The lowest BCUT2D eigenvalue weighted by atomic mass is 10.1. The number of hydrogen-bond donors (Lipinski definition) is 1. The van der Waals surface area contributed by atoms with Crippen LogP contribution in [-0.4, -0.2) is 13.1 Å². The number of rotatable bonds is 0. The van der Waals surface area contributed by atoms with Gasteiger partial charge in [0.1, 0.15) is 0 Å². The maximum absolute atomic E-state index is 3.38. The maximum Gasteiger partial charge on any atom is -0.00118 e. The minimum Gasteiger partial charge on any atom is -0.316 e. The molecule has 1 aliphatic heterocycles. The highest BCUT2D eigenvalue weighted by Crippen LogP contribution is 2.59. The van der Waals surface area contributed by atoms with Crippen molar-refractivity contribution in [2.75, 3.05) is 13.1 Å². The molecule has 46 valence electrons. The van der Waals surface area contributed by atoms with Crippen LogP contribution < -0.4 is 5.32 Å². The van der Waals surface area contributed by atoms with Crippen LogP contribution in [-0.2, 0) is 0 Å². The molecule has 0 aromatic rings. The lowest BCUT2D eigenvalue weighted by Gasteiger charge is -2.06. The van der Waals surface area contributed by atoms with Gasteiger partial charge in [0, 0.05) is 0 Å². The molecular weight excluding hydrogens is 98.1 g/mol. The highest BCUT2D eigenvalue weighted by Gasteiger charge is 2.59. The topological polar surface area (TPSA) is 12.0 Å². The molecule has 0 bridgehead atoms. The third kappa shape index (κ3) is 0.368. The number of hydrogen-bond acceptors (Lipinski definition) is 1. The number of fused-ring (bicyclic) bond motifs is 1. The van der Waals surface area contributed by atoms with Crippen LogP contribution in [0.3, 0.4) is 0 Å². The molecular formula is C7H13N. The van der Waals surface area contributed by atoms with Gasteiger partial charge in [-0.2, -0.15) is 0 Å². The first-order chi connectivity index (χ1) is 3.73. The smallest absolute Gasteiger partial charge is 0.00118 e. The summed E-state index contributed by atoms with van der Waals surface area (Å²) in [4.78, 5) is 0. The van der Waals surface area contributed by atoms with Gasteiger partial charge in [-0.1, -0.05) is 13.8 Å². The Labute approximate surface area is 50.5 Å². The predicted molar refractivity (Wildman–Crippen MR) is 33.6 cm³/mol. The summed E-state index contributed by atoms with van der Waals surface area (Å²) in [6.07, 6.45) is 0. The van der Waals surface area contributed by atoms with Crippen LogP contribution in [0.5, 0.6) is 0 Å². The van der Waals surface area contributed by atoms with Crippen molar-refractivity contribution in [3.63, 3.8) is 0 Å². The van der Waals surface area contributed by atoms with E-state index in [0.29, 0.717) is 5.41 Å². The van der Waals surface area contributed by atoms with Crippen LogP contribution in [0.25, 0.3) is 0 Å². The lowest BCUT2D eigenvalue weighted by Crippen LogP contribution is -2.17. The molecule has 0 amide bonds. The summed E-state index contributed by atoms with van der Waals surface area (Å²) in [7, 11) is 0. The number of nitrogens with one attached hydrogen (secondary N) is 1. The molecule has 2 aliphatic rings. The average molecular weight is 111 g/mol. The summed E-state index contributed by atoms with van der Waals surface area (Å²) in [6.45, 7) is 7.31. The van der Waals surface area contributed by atoms with Gasteiger partial charge >= 0.3 is 0 Å². The fraction of sp³-hybridized carbons (Fsp3) is 1.00. The van der Waals surface area contributed by atoms with E-state index in [-0.39, 0.29) is 0 Å². The van der Waals surface area contributed by atoms with E-state index in [0.717, 1.165) is 11.8 Å². The van der Waals surface area contributed by atoms with Crippen LogP contribution in [0.2, 0.25) is 0 Å². The molecule has 1 nitrogen and oxygen atoms in total. The minimum atomic E-state index is 0.700. The van der Waals surface area contributed by atoms with E-state index in [2.05, 4.69) is 19.2 Å². The Bertz CT molecular complexity index is 106. The van der Waals surface area contributed by atoms with Gasteiger partial charge in [-0.05, 0) is 30.3 Å². The summed E-state index contributed by atoms with van der Waals surface area (Å²) in [5.74, 6) is 2.03. The molecule has 1 unspecified atom stereocenters. The molecule has 0 aromatic heterocycles. The summed E-state index contributed by atoms with van der Waals surface area (Å²) in [6, 6.07) is 0. The predicted octanol–water partition coefficient (Wildman–Crippen LogP) is 0.862. The van der Waals surface area contributed by atoms with Gasteiger partial charge in [0.25, 0.3) is 0 Å². The van der Waals surface area contributed by atoms with Gasteiger partial charge in [-0.15, -0.1) is 0 Å². The molecule has 2 atom stereocenters. The zero-order valence-electron chi connectivity index (χ0n) is 5.57. The van der Waals surface area contributed by atoms with Crippen LogP contribution in [0, 0.1) is 17.3 Å². The van der Waals surface area contributed by atoms with Crippen molar-refractivity contribution < 1.29 is 0 Å². The molecule has 1 saturated heterocycles. The Morgan fingerprint density at radius 1 is 1.25 bits per heavy atom. The quantitative estimate of drug-likeness (QED) is 0.489. The first kappa shape index (κ1) is 4.80. The van der Waals surface area contributed by atoms with Gasteiger partial charge in [0.05, 0.1) is 0 Å². The van der Waals surface area contributed by atoms with Gasteiger partial charge in [-0.3, -0.25) is 0 Å². The lowest BCUT2D eigenvalue weighted by molar-refractivity contribution is 0.475. The van der Waals surface area contributed by atoms with Crippen molar-refractivity contribution in [1.82, 2.24) is 5.32 Å². The van der Waals surface area contributed by atoms with E-state index < -0.39 is 0 Å². The maximum atomic E-state index is 3.38. The Kier molecular flexibility index (Phi) is 0.663. The third-order valence-electron chi connectivity index (χ3n) is 3.02. The summed E-state index contributed by atoms with van der Waals surface area (Å²) >= 11 is 0. The van der Waals surface area contributed by atoms with E-state index >= 15 is 0 Å². The molecule has 0 spiro atoms. The van der Waals surface area contributed by atoms with Crippen LogP contribution in [0.4, 0.5) is 0 Å². The highest BCUT2D eigenvalue weighted by molar-refractivity contribution is 5.10. The molecule has 0 radical (unpaired) electrons. The Balaban J connectivity index is 2.13. The summed E-state index contributed by atoms with van der Waals surface area (Å²) < 4.78 is 0. The largest absolute Gasteiger partial charge is 0.316 e. The molecule has 1 aliphatic carbocycles. The zero-order chi connectivity index (χ0) is 5.78. The monoisotopic (exact) mass is 111 g/mol. The van der Waals surface area contributed by atoms with Crippen molar-refractivity contribution in [3.8, 4) is 0 Å². The summed E-state index contributed by atoms with van der Waals surface area (Å²) in [5, 5.41) is 3.38. The molecule has 0 aromatic carbocycles. The SMILES string of the molecule is CC1(C)C2CNC[C@H]21. The summed E-state index contributed by atoms with van der Waals surface area (Å²) in [5.41, 5.74) is 0.700. The van der Waals surface area contributed by atoms with Crippen molar-refractivity contribution in [3.05, 3.63) is 0 Å². The molecule has 1 N–H and O–H groups in total. The first-order valence-corrected chi connectivity index (χ1v) is 3.43. The van der Waals surface area contributed by atoms with E-state index in [1.54, 1.807) is 0 Å². The normalized spacial score (nSPS) is 48.8. The van der Waals surface area contributed by atoms with Gasteiger partial charge in [0.15, 0.2) is 0 Å². The Morgan fingerprint density at radius 2 is 1.75 bits per heavy atom. The average Bonchev–Trinajstić information content (AvgIpc) is 2.22. The first-order valence-electron chi connectivity index (χ1n) is 3.43. The van der Waals surface area contributed by atoms with Crippen molar-refractivity contribution in [2.45, 2.75) is 13.8 Å². The molecule has 1 saturated carbocycles.